The van der Waals surface area contributed by atoms with Gasteiger partial charge < -0.3 is 15.1 Å². The standard InChI is InChI=1S/C22H32N6/c1-19-24-21(23-11-13-26(2)3)18-22(25-19)28-16-14-27(15-17-28)12-7-10-20-8-5-4-6-9-20/h4-10,18H,11-17H2,1-3H3,(H,23,24,25)/b10-7+. The van der Waals surface area contributed by atoms with Gasteiger partial charge in [0.05, 0.1) is 0 Å². The van der Waals surface area contributed by atoms with Crippen LogP contribution in [0.25, 0.3) is 6.08 Å². The second-order valence-electron chi connectivity index (χ2n) is 7.49. The number of aromatic nitrogens is 2. The molecule has 0 saturated carbocycles. The van der Waals surface area contributed by atoms with Crippen LogP contribution < -0.4 is 10.2 Å². The molecule has 0 bridgehead atoms. The highest BCUT2D eigenvalue weighted by Gasteiger charge is 2.18. The average molecular weight is 381 g/mol. The van der Waals surface area contributed by atoms with Gasteiger partial charge >= 0.3 is 0 Å². The summed E-state index contributed by atoms with van der Waals surface area (Å²) in [5.41, 5.74) is 1.26. The minimum atomic E-state index is 0.818. The molecule has 0 spiro atoms. The van der Waals surface area contributed by atoms with Crippen molar-refractivity contribution in [3.8, 4) is 0 Å². The lowest BCUT2D eigenvalue weighted by atomic mass is 10.2. The summed E-state index contributed by atoms with van der Waals surface area (Å²) >= 11 is 0. The van der Waals surface area contributed by atoms with E-state index in [1.807, 2.05) is 6.92 Å². The van der Waals surface area contributed by atoms with Crippen molar-refractivity contribution < 1.29 is 0 Å². The van der Waals surface area contributed by atoms with Crippen LogP contribution in [0, 0.1) is 6.92 Å². The van der Waals surface area contributed by atoms with Crippen LogP contribution >= 0.6 is 0 Å². The van der Waals surface area contributed by atoms with E-state index in [1.54, 1.807) is 0 Å². The van der Waals surface area contributed by atoms with Gasteiger partial charge in [0.2, 0.25) is 0 Å². The molecule has 0 aliphatic carbocycles. The molecule has 1 aliphatic rings. The van der Waals surface area contributed by atoms with E-state index in [0.29, 0.717) is 0 Å². The maximum absolute atomic E-state index is 4.66. The second-order valence-corrected chi connectivity index (χ2v) is 7.49. The monoisotopic (exact) mass is 380 g/mol. The van der Waals surface area contributed by atoms with Gasteiger partial charge in [0.25, 0.3) is 0 Å². The summed E-state index contributed by atoms with van der Waals surface area (Å²) in [6, 6.07) is 12.5. The third kappa shape index (κ3) is 6.32. The van der Waals surface area contributed by atoms with Crippen LogP contribution in [0.5, 0.6) is 0 Å². The molecule has 2 aromatic rings. The van der Waals surface area contributed by atoms with Crippen molar-refractivity contribution >= 4 is 17.7 Å². The van der Waals surface area contributed by atoms with Crippen LogP contribution in [0.2, 0.25) is 0 Å². The van der Waals surface area contributed by atoms with Gasteiger partial charge in [-0.1, -0.05) is 42.5 Å². The van der Waals surface area contributed by atoms with Crippen LogP contribution in [0.4, 0.5) is 11.6 Å². The van der Waals surface area contributed by atoms with Gasteiger partial charge in [-0.25, -0.2) is 9.97 Å². The van der Waals surface area contributed by atoms with E-state index in [9.17, 15) is 0 Å². The third-order valence-electron chi connectivity index (χ3n) is 4.86. The lowest BCUT2D eigenvalue weighted by Crippen LogP contribution is -2.46. The third-order valence-corrected chi connectivity index (χ3v) is 4.86. The zero-order valence-electron chi connectivity index (χ0n) is 17.3. The maximum atomic E-state index is 4.66. The molecule has 6 heteroatoms. The van der Waals surface area contributed by atoms with E-state index in [0.717, 1.165) is 63.3 Å². The molecule has 6 nitrogen and oxygen atoms in total. The van der Waals surface area contributed by atoms with E-state index < -0.39 is 0 Å². The number of rotatable bonds is 8. The van der Waals surface area contributed by atoms with E-state index in [-0.39, 0.29) is 0 Å². The summed E-state index contributed by atoms with van der Waals surface area (Å²) in [5, 5.41) is 3.41. The molecule has 0 atom stereocenters. The zero-order valence-corrected chi connectivity index (χ0v) is 17.3. The molecule has 0 radical (unpaired) electrons. The van der Waals surface area contributed by atoms with Crippen molar-refractivity contribution in [1.82, 2.24) is 19.8 Å². The van der Waals surface area contributed by atoms with Crippen LogP contribution in [0.15, 0.2) is 42.5 Å². The normalized spacial score (nSPS) is 15.5. The second kappa shape index (κ2) is 10.2. The molecule has 1 aliphatic heterocycles. The summed E-state index contributed by atoms with van der Waals surface area (Å²) in [4.78, 5) is 16.2. The Bertz CT molecular complexity index is 751. The molecule has 1 aromatic heterocycles. The van der Waals surface area contributed by atoms with Gasteiger partial charge in [-0.2, -0.15) is 0 Å². The number of nitrogens with zero attached hydrogens (tertiary/aromatic N) is 5. The first-order valence-corrected chi connectivity index (χ1v) is 10.0. The Kier molecular flexibility index (Phi) is 7.39. The van der Waals surface area contributed by atoms with Crippen LogP contribution in [0.3, 0.4) is 0 Å². The van der Waals surface area contributed by atoms with Crippen molar-refractivity contribution in [1.29, 1.82) is 0 Å². The fourth-order valence-corrected chi connectivity index (χ4v) is 3.27. The van der Waals surface area contributed by atoms with E-state index >= 15 is 0 Å². The van der Waals surface area contributed by atoms with Gasteiger partial charge in [-0.3, -0.25) is 4.90 Å². The number of anilines is 2. The molecule has 150 valence electrons. The molecule has 0 amide bonds. The van der Waals surface area contributed by atoms with E-state index in [1.165, 1.54) is 5.56 Å². The Morgan fingerprint density at radius 2 is 1.82 bits per heavy atom. The Morgan fingerprint density at radius 3 is 2.54 bits per heavy atom. The lowest BCUT2D eigenvalue weighted by molar-refractivity contribution is 0.283. The summed E-state index contributed by atoms with van der Waals surface area (Å²) in [6.07, 6.45) is 4.46. The molecule has 28 heavy (non-hydrogen) atoms. The molecule has 3 rings (SSSR count). The fraction of sp³-hybridized carbons (Fsp3) is 0.455. The summed E-state index contributed by atoms with van der Waals surface area (Å²) in [7, 11) is 4.15. The van der Waals surface area contributed by atoms with Crippen molar-refractivity contribution in [3.05, 3.63) is 53.9 Å². The van der Waals surface area contributed by atoms with Gasteiger partial charge in [0.1, 0.15) is 17.5 Å². The first kappa shape index (κ1) is 20.3. The van der Waals surface area contributed by atoms with Gasteiger partial charge in [-0.15, -0.1) is 0 Å². The number of likely N-dealkylation sites (N-methyl/N-ethyl adjacent to an activating group) is 1. The highest BCUT2D eigenvalue weighted by atomic mass is 15.3. The summed E-state index contributed by atoms with van der Waals surface area (Å²) in [6.45, 7) is 8.89. The highest BCUT2D eigenvalue weighted by molar-refractivity contribution is 5.50. The van der Waals surface area contributed by atoms with Crippen LogP contribution in [0.1, 0.15) is 11.4 Å². The number of benzene rings is 1. The SMILES string of the molecule is Cc1nc(NCCN(C)C)cc(N2CCN(C/C=C/c3ccccc3)CC2)n1. The predicted octanol–water partition coefficient (Wildman–Crippen LogP) is 2.59. The minimum absolute atomic E-state index is 0.818. The number of piperazine rings is 1. The van der Waals surface area contributed by atoms with Gasteiger partial charge in [-0.05, 0) is 26.6 Å². The van der Waals surface area contributed by atoms with E-state index in [4.69, 9.17) is 0 Å². The molecule has 1 fully saturated rings. The number of nitrogens with one attached hydrogen (secondary N) is 1. The molecule has 1 N–H and O–H groups in total. The zero-order chi connectivity index (χ0) is 19.8. The number of hydrogen-bond acceptors (Lipinski definition) is 6. The topological polar surface area (TPSA) is 47.5 Å². The Labute approximate surface area is 168 Å². The first-order valence-electron chi connectivity index (χ1n) is 10.0. The van der Waals surface area contributed by atoms with Crippen LogP contribution in [-0.2, 0) is 0 Å². The minimum Gasteiger partial charge on any atom is -0.369 e. The van der Waals surface area contributed by atoms with Crippen molar-refractivity contribution in [3.63, 3.8) is 0 Å². The maximum Gasteiger partial charge on any atom is 0.134 e. The molecule has 1 aromatic carbocycles. The van der Waals surface area contributed by atoms with Crippen molar-refractivity contribution in [2.75, 3.05) is 70.1 Å². The number of aryl methyl sites for hydroxylation is 1. The first-order chi connectivity index (χ1) is 13.6. The largest absolute Gasteiger partial charge is 0.369 e. The smallest absolute Gasteiger partial charge is 0.134 e. The van der Waals surface area contributed by atoms with Crippen molar-refractivity contribution in [2.24, 2.45) is 0 Å². The molecule has 1 saturated heterocycles. The quantitative estimate of drug-likeness (QED) is 0.760. The predicted molar refractivity (Wildman–Crippen MR) is 118 cm³/mol. The average Bonchev–Trinajstić information content (AvgIpc) is 2.69. The molecular weight excluding hydrogens is 348 g/mol. The van der Waals surface area contributed by atoms with Gasteiger partial charge in [0.15, 0.2) is 0 Å². The molecule has 2 heterocycles. The van der Waals surface area contributed by atoms with Crippen molar-refractivity contribution in [2.45, 2.75) is 6.92 Å². The lowest BCUT2D eigenvalue weighted by Gasteiger charge is -2.35. The highest BCUT2D eigenvalue weighted by Crippen LogP contribution is 2.18. The van der Waals surface area contributed by atoms with Gasteiger partial charge in [0, 0.05) is 51.9 Å². The number of hydrogen-bond donors (Lipinski definition) is 1. The Hall–Kier alpha value is -2.44. The summed E-state index contributed by atoms with van der Waals surface area (Å²) < 4.78 is 0. The Morgan fingerprint density at radius 1 is 1.07 bits per heavy atom. The molecule has 0 unspecified atom stereocenters. The summed E-state index contributed by atoms with van der Waals surface area (Å²) in [5.74, 6) is 2.76. The van der Waals surface area contributed by atoms with Crippen LogP contribution in [-0.4, -0.2) is 79.7 Å². The Balaban J connectivity index is 1.50. The molecular formula is C22H32N6. The van der Waals surface area contributed by atoms with E-state index in [2.05, 4.69) is 92.6 Å². The fourth-order valence-electron chi connectivity index (χ4n) is 3.27.